The van der Waals surface area contributed by atoms with Crippen LogP contribution in [-0.2, 0) is 0 Å². The van der Waals surface area contributed by atoms with Gasteiger partial charge in [0.2, 0.25) is 0 Å². The number of hydrogen-bond acceptors (Lipinski definition) is 3. The van der Waals surface area contributed by atoms with Gasteiger partial charge in [0.1, 0.15) is 0 Å². The second-order valence-corrected chi connectivity index (χ2v) is 18.5. The first kappa shape index (κ1) is 33.1. The topological polar surface area (TPSA) is 38.7 Å². The van der Waals surface area contributed by atoms with Crippen molar-refractivity contribution in [3.63, 3.8) is 0 Å². The van der Waals surface area contributed by atoms with Crippen LogP contribution in [0.4, 0.5) is 0 Å². The van der Waals surface area contributed by atoms with Gasteiger partial charge < -0.3 is 0 Å². The fraction of sp³-hybridized carbons (Fsp3) is 0. The number of nitrogens with zero attached hydrogens (tertiary/aromatic N) is 3. The van der Waals surface area contributed by atoms with Crippen molar-refractivity contribution >= 4 is 50.4 Å². The van der Waals surface area contributed by atoms with E-state index in [1.807, 2.05) is 18.2 Å². The molecule has 0 radical (unpaired) electrons. The lowest BCUT2D eigenvalue weighted by atomic mass is 9.96. The fourth-order valence-electron chi connectivity index (χ4n) is 9.03. The van der Waals surface area contributed by atoms with Gasteiger partial charge in [-0.3, -0.25) is 0 Å². The molecule has 4 heteroatoms. The molecule has 9 aromatic carbocycles. The average Bonchev–Trinajstić information content (AvgIpc) is 3.59. The fourth-order valence-corrected chi connectivity index (χ4v) is 14.2. The van der Waals surface area contributed by atoms with Crippen molar-refractivity contribution in [2.24, 2.45) is 0 Å². The van der Waals surface area contributed by atoms with Crippen LogP contribution < -0.4 is 20.7 Å². The normalized spacial score (nSPS) is 12.7. The molecule has 1 aliphatic rings. The van der Waals surface area contributed by atoms with Gasteiger partial charge in [-0.1, -0.05) is 206 Å². The zero-order chi connectivity index (χ0) is 37.8. The lowest BCUT2D eigenvalue weighted by molar-refractivity contribution is 1.07. The summed E-state index contributed by atoms with van der Waals surface area (Å²) in [5, 5.41) is 10.4. The summed E-state index contributed by atoms with van der Waals surface area (Å²) in [5.41, 5.74) is 7.72. The van der Waals surface area contributed by atoms with Crippen LogP contribution in [0.15, 0.2) is 212 Å². The third-order valence-corrected chi connectivity index (χ3v) is 16.4. The molecule has 0 amide bonds. The molecule has 0 saturated carbocycles. The lowest BCUT2D eigenvalue weighted by Crippen LogP contribution is -2.72. The van der Waals surface area contributed by atoms with Crippen LogP contribution in [0, 0.1) is 0 Å². The maximum absolute atomic E-state index is 5.35. The predicted molar refractivity (Wildman–Crippen MR) is 239 cm³/mol. The Hall–Kier alpha value is -7.27. The summed E-state index contributed by atoms with van der Waals surface area (Å²) >= 11 is 0. The second-order valence-electron chi connectivity index (χ2n) is 14.7. The number of rotatable bonds is 6. The highest BCUT2D eigenvalue weighted by Crippen LogP contribution is 2.39. The van der Waals surface area contributed by atoms with Gasteiger partial charge >= 0.3 is 0 Å². The zero-order valence-corrected chi connectivity index (χ0v) is 32.0. The van der Waals surface area contributed by atoms with E-state index in [0.717, 1.165) is 22.3 Å². The van der Waals surface area contributed by atoms with E-state index in [-0.39, 0.29) is 0 Å². The van der Waals surface area contributed by atoms with Crippen LogP contribution >= 0.6 is 0 Å². The maximum Gasteiger partial charge on any atom is 0.180 e. The van der Waals surface area contributed by atoms with Gasteiger partial charge in [-0.2, -0.15) is 0 Å². The van der Waals surface area contributed by atoms with Crippen molar-refractivity contribution in [2.45, 2.75) is 0 Å². The molecule has 11 rings (SSSR count). The molecule has 0 bridgehead atoms. The molecule has 1 aromatic heterocycles. The molecular formula is C53H35N3Si. The van der Waals surface area contributed by atoms with Gasteiger partial charge in [0.25, 0.3) is 0 Å². The van der Waals surface area contributed by atoms with E-state index in [1.54, 1.807) is 0 Å². The Bertz CT molecular complexity index is 3060. The molecule has 3 nitrogen and oxygen atoms in total. The van der Waals surface area contributed by atoms with Crippen LogP contribution in [0.5, 0.6) is 0 Å². The van der Waals surface area contributed by atoms with Crippen LogP contribution in [0.2, 0.25) is 0 Å². The highest BCUT2D eigenvalue weighted by molar-refractivity contribution is 7.22. The highest BCUT2D eigenvalue weighted by Gasteiger charge is 2.49. The summed E-state index contributed by atoms with van der Waals surface area (Å²) < 4.78 is 0. The van der Waals surface area contributed by atoms with Gasteiger partial charge in [0.05, 0.1) is 0 Å². The second kappa shape index (κ2) is 13.5. The first-order valence-electron chi connectivity index (χ1n) is 19.4. The maximum atomic E-state index is 5.35. The first-order chi connectivity index (χ1) is 28.3. The predicted octanol–water partition coefficient (Wildman–Crippen LogP) is 10.2. The third kappa shape index (κ3) is 5.37. The molecule has 10 aromatic rings. The monoisotopic (exact) mass is 741 g/mol. The Labute approximate surface area is 332 Å². The van der Waals surface area contributed by atoms with Crippen LogP contribution in [0.1, 0.15) is 0 Å². The van der Waals surface area contributed by atoms with Gasteiger partial charge in [-0.25, -0.2) is 15.0 Å². The van der Waals surface area contributed by atoms with Crippen LogP contribution in [-0.4, -0.2) is 23.0 Å². The largest absolute Gasteiger partial charge is 0.208 e. The first-order valence-corrected chi connectivity index (χ1v) is 21.4. The molecule has 1 aliphatic heterocycles. The molecule has 0 N–H and O–H groups in total. The van der Waals surface area contributed by atoms with Gasteiger partial charge in [-0.05, 0) is 70.6 Å². The number of fused-ring (bicyclic) bond motifs is 5. The summed E-state index contributed by atoms with van der Waals surface area (Å²) in [7, 11) is -2.79. The summed E-state index contributed by atoms with van der Waals surface area (Å²) in [6.45, 7) is 0. The van der Waals surface area contributed by atoms with Crippen molar-refractivity contribution in [3.8, 4) is 56.4 Å². The van der Waals surface area contributed by atoms with E-state index < -0.39 is 8.07 Å². The SMILES string of the molecule is c1ccc(-c2nc(-c3ccc(-c4cccc5ccccc45)cc3)nc(-c3cccc4c3-c3cc5ccccc5cc3[Si]4(c3ccccc3)c3ccccc3)n2)cc1. The minimum absolute atomic E-state index is 0.646. The molecule has 0 atom stereocenters. The van der Waals surface area contributed by atoms with E-state index >= 15 is 0 Å². The Kier molecular flexibility index (Phi) is 7.83. The lowest BCUT2D eigenvalue weighted by Gasteiger charge is -2.31. The number of hydrogen-bond donors (Lipinski definition) is 0. The van der Waals surface area contributed by atoms with Crippen molar-refractivity contribution in [1.29, 1.82) is 0 Å². The molecule has 0 saturated heterocycles. The quantitative estimate of drug-likeness (QED) is 0.159. The van der Waals surface area contributed by atoms with Gasteiger partial charge in [0, 0.05) is 16.7 Å². The Morgan fingerprint density at radius 3 is 1.47 bits per heavy atom. The molecule has 266 valence electrons. The third-order valence-electron chi connectivity index (χ3n) is 11.6. The molecule has 0 aliphatic carbocycles. The highest BCUT2D eigenvalue weighted by atomic mass is 28.3. The summed E-state index contributed by atoms with van der Waals surface area (Å²) in [5.74, 6) is 1.96. The van der Waals surface area contributed by atoms with E-state index in [4.69, 9.17) is 15.0 Å². The molecule has 0 spiro atoms. The number of aromatic nitrogens is 3. The van der Waals surface area contributed by atoms with Crippen molar-refractivity contribution in [2.75, 3.05) is 0 Å². The van der Waals surface area contributed by atoms with Crippen molar-refractivity contribution < 1.29 is 0 Å². The van der Waals surface area contributed by atoms with Gasteiger partial charge in [0.15, 0.2) is 25.5 Å². The minimum atomic E-state index is -2.79. The smallest absolute Gasteiger partial charge is 0.180 e. The van der Waals surface area contributed by atoms with Crippen LogP contribution in [0.3, 0.4) is 0 Å². The Balaban J connectivity index is 1.16. The van der Waals surface area contributed by atoms with Crippen molar-refractivity contribution in [3.05, 3.63) is 212 Å². The van der Waals surface area contributed by atoms with E-state index in [0.29, 0.717) is 17.5 Å². The zero-order valence-electron chi connectivity index (χ0n) is 31.0. The molecular weight excluding hydrogens is 707 g/mol. The molecule has 57 heavy (non-hydrogen) atoms. The Morgan fingerprint density at radius 2 is 0.789 bits per heavy atom. The minimum Gasteiger partial charge on any atom is -0.208 e. The average molecular weight is 742 g/mol. The summed E-state index contributed by atoms with van der Waals surface area (Å²) in [6.07, 6.45) is 0. The molecule has 0 unspecified atom stereocenters. The van der Waals surface area contributed by atoms with E-state index in [1.165, 1.54) is 59.0 Å². The Morgan fingerprint density at radius 1 is 0.298 bits per heavy atom. The van der Waals surface area contributed by atoms with Crippen molar-refractivity contribution in [1.82, 2.24) is 15.0 Å². The van der Waals surface area contributed by atoms with E-state index in [9.17, 15) is 0 Å². The molecule has 0 fully saturated rings. The number of benzene rings is 9. The van der Waals surface area contributed by atoms with Gasteiger partial charge in [-0.15, -0.1) is 0 Å². The summed E-state index contributed by atoms with van der Waals surface area (Å²) in [4.78, 5) is 15.8. The van der Waals surface area contributed by atoms with Crippen LogP contribution in [0.25, 0.3) is 78.0 Å². The standard InChI is InChI=1S/C53H35N3Si/c1-4-17-38(18-5-1)51-54-52(39-32-30-37(31-33-39)45-27-14-21-36-16-12-13-26-44(36)45)56-53(55-51)46-28-15-29-48-50(46)47-34-40-19-10-11-20-41(40)35-49(47)57(48,42-22-6-2-7-23-42)43-24-8-3-9-25-43/h1-35H. The van der Waals surface area contributed by atoms with E-state index in [2.05, 4.69) is 194 Å². The molecule has 2 heterocycles. The summed E-state index contributed by atoms with van der Waals surface area (Å²) in [6, 6.07) is 76.6.